The molecule has 1 N–H and O–H groups in total. The largest absolute Gasteiger partial charge is 0.344 e. The lowest BCUT2D eigenvalue weighted by molar-refractivity contribution is 0.0944. The van der Waals surface area contributed by atoms with Gasteiger partial charge in [0.25, 0.3) is 5.91 Å². The standard InChI is InChI=1S/C16H18N4O/c1-11-12(2)19(3)15(18-11)10-17-16(21)14-8-7-13-6-4-5-9-20(13)14/h4-9H,10H2,1-3H3,(H,17,21). The molecular formula is C16H18N4O. The molecular weight excluding hydrogens is 264 g/mol. The summed E-state index contributed by atoms with van der Waals surface area (Å²) < 4.78 is 3.89. The van der Waals surface area contributed by atoms with Crippen molar-refractivity contribution < 1.29 is 4.79 Å². The Morgan fingerprint density at radius 2 is 2.05 bits per heavy atom. The Labute approximate surface area is 123 Å². The summed E-state index contributed by atoms with van der Waals surface area (Å²) in [5, 5.41) is 2.93. The molecule has 0 bridgehead atoms. The monoisotopic (exact) mass is 282 g/mol. The number of amides is 1. The number of carbonyl (C=O) groups is 1. The summed E-state index contributed by atoms with van der Waals surface area (Å²) in [5.41, 5.74) is 3.75. The van der Waals surface area contributed by atoms with E-state index in [-0.39, 0.29) is 5.91 Å². The zero-order chi connectivity index (χ0) is 15.0. The third-order valence-electron chi connectivity index (χ3n) is 3.91. The van der Waals surface area contributed by atoms with Crippen LogP contribution < -0.4 is 5.32 Å². The zero-order valence-electron chi connectivity index (χ0n) is 12.4. The molecule has 0 atom stereocenters. The molecule has 3 aromatic heterocycles. The van der Waals surface area contributed by atoms with Crippen molar-refractivity contribution in [2.24, 2.45) is 7.05 Å². The van der Waals surface area contributed by atoms with Gasteiger partial charge in [-0.05, 0) is 38.1 Å². The number of pyridine rings is 1. The summed E-state index contributed by atoms with van der Waals surface area (Å²) in [5.74, 6) is 0.763. The molecule has 3 heterocycles. The molecule has 0 radical (unpaired) electrons. The minimum Gasteiger partial charge on any atom is -0.344 e. The van der Waals surface area contributed by atoms with E-state index in [1.54, 1.807) is 0 Å². The highest BCUT2D eigenvalue weighted by Crippen LogP contribution is 2.11. The first-order valence-corrected chi connectivity index (χ1v) is 6.91. The second-order valence-corrected chi connectivity index (χ2v) is 5.15. The van der Waals surface area contributed by atoms with Gasteiger partial charge in [0.15, 0.2) is 0 Å². The lowest BCUT2D eigenvalue weighted by Crippen LogP contribution is -2.25. The fourth-order valence-corrected chi connectivity index (χ4v) is 2.44. The smallest absolute Gasteiger partial charge is 0.268 e. The van der Waals surface area contributed by atoms with Crippen molar-refractivity contribution in [1.29, 1.82) is 0 Å². The number of nitrogens with zero attached hydrogens (tertiary/aromatic N) is 3. The lowest BCUT2D eigenvalue weighted by Gasteiger charge is -2.06. The normalized spacial score (nSPS) is 11.0. The molecule has 0 aliphatic rings. The Bertz CT molecular complexity index is 813. The van der Waals surface area contributed by atoms with Crippen LogP contribution in [0.25, 0.3) is 5.52 Å². The van der Waals surface area contributed by atoms with Crippen LogP contribution in [0, 0.1) is 13.8 Å². The van der Waals surface area contributed by atoms with Crippen molar-refractivity contribution in [3.63, 3.8) is 0 Å². The average molecular weight is 282 g/mol. The van der Waals surface area contributed by atoms with E-state index in [0.29, 0.717) is 12.2 Å². The first-order valence-electron chi connectivity index (χ1n) is 6.91. The van der Waals surface area contributed by atoms with Gasteiger partial charge in [-0.1, -0.05) is 6.07 Å². The van der Waals surface area contributed by atoms with E-state index in [9.17, 15) is 4.79 Å². The molecule has 108 valence electrons. The summed E-state index contributed by atoms with van der Waals surface area (Å²) in [4.78, 5) is 16.8. The summed E-state index contributed by atoms with van der Waals surface area (Å²) in [6.45, 7) is 4.42. The fraction of sp³-hybridized carbons (Fsp3) is 0.250. The van der Waals surface area contributed by atoms with E-state index in [1.807, 2.05) is 66.4 Å². The second kappa shape index (κ2) is 5.09. The minimum atomic E-state index is -0.0977. The van der Waals surface area contributed by atoms with E-state index in [2.05, 4.69) is 10.3 Å². The molecule has 5 nitrogen and oxygen atoms in total. The molecule has 0 aliphatic carbocycles. The average Bonchev–Trinajstić information content (AvgIpc) is 3.02. The van der Waals surface area contributed by atoms with Gasteiger partial charge in [0.05, 0.1) is 12.2 Å². The summed E-state index contributed by atoms with van der Waals surface area (Å²) in [6, 6.07) is 9.61. The Morgan fingerprint density at radius 3 is 2.76 bits per heavy atom. The van der Waals surface area contributed by atoms with Gasteiger partial charge in [0.1, 0.15) is 11.5 Å². The van der Waals surface area contributed by atoms with Crippen molar-refractivity contribution in [3.05, 3.63) is 59.4 Å². The van der Waals surface area contributed by atoms with Gasteiger partial charge in [0.2, 0.25) is 0 Å². The van der Waals surface area contributed by atoms with Gasteiger partial charge in [-0.2, -0.15) is 0 Å². The molecule has 0 aliphatic heterocycles. The second-order valence-electron chi connectivity index (χ2n) is 5.15. The minimum absolute atomic E-state index is 0.0977. The van der Waals surface area contributed by atoms with Crippen molar-refractivity contribution in [2.75, 3.05) is 0 Å². The van der Waals surface area contributed by atoms with E-state index >= 15 is 0 Å². The molecule has 5 heteroatoms. The third kappa shape index (κ3) is 2.31. The van der Waals surface area contributed by atoms with Crippen LogP contribution in [0.1, 0.15) is 27.7 Å². The maximum absolute atomic E-state index is 12.3. The Morgan fingerprint density at radius 1 is 1.24 bits per heavy atom. The van der Waals surface area contributed by atoms with Crippen LogP contribution in [0.15, 0.2) is 36.5 Å². The first kappa shape index (κ1) is 13.4. The Hall–Kier alpha value is -2.56. The number of aryl methyl sites for hydroxylation is 1. The number of imidazole rings is 1. The maximum atomic E-state index is 12.3. The van der Waals surface area contributed by atoms with Crippen LogP contribution in [-0.2, 0) is 13.6 Å². The SMILES string of the molecule is Cc1nc(CNC(=O)c2ccc3ccccn23)n(C)c1C. The van der Waals surface area contributed by atoms with E-state index in [4.69, 9.17) is 0 Å². The van der Waals surface area contributed by atoms with Crippen LogP contribution in [0.4, 0.5) is 0 Å². The van der Waals surface area contributed by atoms with Crippen molar-refractivity contribution in [2.45, 2.75) is 20.4 Å². The lowest BCUT2D eigenvalue weighted by atomic mass is 10.4. The molecule has 21 heavy (non-hydrogen) atoms. The molecule has 0 saturated heterocycles. The van der Waals surface area contributed by atoms with Crippen LogP contribution in [-0.4, -0.2) is 19.9 Å². The van der Waals surface area contributed by atoms with Crippen LogP contribution in [0.5, 0.6) is 0 Å². The molecule has 0 fully saturated rings. The summed E-state index contributed by atoms with van der Waals surface area (Å²) in [6.07, 6.45) is 1.89. The van der Waals surface area contributed by atoms with E-state index in [1.165, 1.54) is 0 Å². The van der Waals surface area contributed by atoms with Crippen LogP contribution >= 0.6 is 0 Å². The van der Waals surface area contributed by atoms with Crippen molar-refractivity contribution in [1.82, 2.24) is 19.3 Å². The first-order chi connectivity index (χ1) is 10.1. The number of hydrogen-bond acceptors (Lipinski definition) is 2. The quantitative estimate of drug-likeness (QED) is 0.801. The molecule has 0 unspecified atom stereocenters. The van der Waals surface area contributed by atoms with Gasteiger partial charge in [0, 0.05) is 24.5 Å². The van der Waals surface area contributed by atoms with E-state index < -0.39 is 0 Å². The Balaban J connectivity index is 1.79. The number of aromatic nitrogens is 3. The van der Waals surface area contributed by atoms with Gasteiger partial charge < -0.3 is 14.3 Å². The fourth-order valence-electron chi connectivity index (χ4n) is 2.44. The van der Waals surface area contributed by atoms with Crippen LogP contribution in [0.2, 0.25) is 0 Å². The molecule has 0 aromatic carbocycles. The molecule has 3 aromatic rings. The predicted octanol–water partition coefficient (Wildman–Crippen LogP) is 2.22. The molecule has 0 saturated carbocycles. The highest BCUT2D eigenvalue weighted by Gasteiger charge is 2.12. The highest BCUT2D eigenvalue weighted by molar-refractivity contribution is 5.93. The highest BCUT2D eigenvalue weighted by atomic mass is 16.1. The molecule has 0 spiro atoms. The predicted molar refractivity (Wildman–Crippen MR) is 81.2 cm³/mol. The van der Waals surface area contributed by atoms with Gasteiger partial charge in [-0.3, -0.25) is 4.79 Å². The number of nitrogens with one attached hydrogen (secondary N) is 1. The van der Waals surface area contributed by atoms with Crippen molar-refractivity contribution in [3.8, 4) is 0 Å². The number of carbonyl (C=O) groups excluding carboxylic acids is 1. The van der Waals surface area contributed by atoms with Crippen LogP contribution in [0.3, 0.4) is 0 Å². The van der Waals surface area contributed by atoms with E-state index in [0.717, 1.165) is 22.7 Å². The topological polar surface area (TPSA) is 51.3 Å². The summed E-state index contributed by atoms with van der Waals surface area (Å²) >= 11 is 0. The van der Waals surface area contributed by atoms with Gasteiger partial charge in [-0.15, -0.1) is 0 Å². The number of rotatable bonds is 3. The van der Waals surface area contributed by atoms with Gasteiger partial charge in [-0.25, -0.2) is 4.98 Å². The van der Waals surface area contributed by atoms with Crippen molar-refractivity contribution >= 4 is 11.4 Å². The van der Waals surface area contributed by atoms with Gasteiger partial charge >= 0.3 is 0 Å². The summed E-state index contributed by atoms with van der Waals surface area (Å²) in [7, 11) is 1.96. The molecule has 3 rings (SSSR count). The molecule has 1 amide bonds. The number of hydrogen-bond donors (Lipinski definition) is 1. The number of fused-ring (bicyclic) bond motifs is 1. The zero-order valence-corrected chi connectivity index (χ0v) is 12.4. The maximum Gasteiger partial charge on any atom is 0.268 e. The Kier molecular flexibility index (Phi) is 3.25. The third-order valence-corrected chi connectivity index (χ3v) is 3.91.